The zero-order chi connectivity index (χ0) is 18.4. The number of nitrogens with zero attached hydrogens (tertiary/aromatic N) is 1. The van der Waals surface area contributed by atoms with Crippen LogP contribution in [-0.2, 0) is 23.9 Å². The van der Waals surface area contributed by atoms with Crippen LogP contribution in [0.25, 0.3) is 0 Å². The van der Waals surface area contributed by atoms with Gasteiger partial charge in [0.1, 0.15) is 5.75 Å². The second kappa shape index (κ2) is 5.80. The number of anilines is 2. The Morgan fingerprint density at radius 2 is 1.80 bits per heavy atom. The molecule has 1 aromatic carbocycles. The number of nitrogens with one attached hydrogen (secondary N) is 1. The van der Waals surface area contributed by atoms with Crippen LogP contribution in [0.1, 0.15) is 20.8 Å². The van der Waals surface area contributed by atoms with Crippen molar-refractivity contribution >= 4 is 29.2 Å². The molecule has 8 nitrogen and oxygen atoms in total. The Labute approximate surface area is 144 Å². The smallest absolute Gasteiger partial charge is 0.350 e. The van der Waals surface area contributed by atoms with Gasteiger partial charge in [-0.1, -0.05) is 0 Å². The number of esters is 2. The first-order valence-electron chi connectivity index (χ1n) is 7.69. The highest BCUT2D eigenvalue weighted by molar-refractivity contribution is 6.15. The Balaban J connectivity index is 1.82. The number of fused-ring (bicyclic) bond motifs is 1. The van der Waals surface area contributed by atoms with E-state index in [9.17, 15) is 14.4 Å². The molecule has 1 fully saturated rings. The predicted octanol–water partition coefficient (Wildman–Crippen LogP) is 1.56. The first-order valence-corrected chi connectivity index (χ1v) is 7.69. The van der Waals surface area contributed by atoms with Crippen molar-refractivity contribution in [2.45, 2.75) is 32.7 Å². The fourth-order valence-corrected chi connectivity index (χ4v) is 2.54. The zero-order valence-electron chi connectivity index (χ0n) is 14.3. The summed E-state index contributed by atoms with van der Waals surface area (Å²) in [6.07, 6.45) is 0.670. The van der Waals surface area contributed by atoms with Gasteiger partial charge in [0.05, 0.1) is 5.69 Å². The van der Waals surface area contributed by atoms with Gasteiger partial charge >= 0.3 is 11.9 Å². The van der Waals surface area contributed by atoms with Crippen LogP contribution in [-0.4, -0.2) is 36.8 Å². The van der Waals surface area contributed by atoms with Gasteiger partial charge in [0, 0.05) is 32.8 Å². The number of hydrogen-bond acceptors (Lipinski definition) is 7. The molecule has 2 heterocycles. The molecule has 132 valence electrons. The number of carbonyl (C=O) groups excluding carboxylic acids is 3. The molecule has 1 aromatic rings. The van der Waals surface area contributed by atoms with E-state index in [1.54, 1.807) is 32.2 Å². The highest BCUT2D eigenvalue weighted by atomic mass is 16.7. The summed E-state index contributed by atoms with van der Waals surface area (Å²) in [5.41, 5.74) is 0.905. The monoisotopic (exact) mass is 346 g/mol. The summed E-state index contributed by atoms with van der Waals surface area (Å²) in [4.78, 5) is 37.3. The molecular weight excluding hydrogens is 328 g/mol. The lowest BCUT2D eigenvalue weighted by Gasteiger charge is -2.30. The van der Waals surface area contributed by atoms with Crippen LogP contribution in [0.4, 0.5) is 11.4 Å². The maximum absolute atomic E-state index is 12.0. The van der Waals surface area contributed by atoms with Crippen molar-refractivity contribution in [3.05, 3.63) is 30.0 Å². The third-order valence-electron chi connectivity index (χ3n) is 3.80. The maximum Gasteiger partial charge on any atom is 0.350 e. The highest BCUT2D eigenvalue weighted by Crippen LogP contribution is 2.35. The largest absolute Gasteiger partial charge is 0.479 e. The van der Waals surface area contributed by atoms with Gasteiger partial charge in [-0.05, 0) is 25.1 Å². The van der Waals surface area contributed by atoms with Gasteiger partial charge in [-0.25, -0.2) is 9.59 Å². The van der Waals surface area contributed by atoms with Crippen molar-refractivity contribution in [3.63, 3.8) is 0 Å². The van der Waals surface area contributed by atoms with E-state index >= 15 is 0 Å². The molecule has 0 bridgehead atoms. The molecule has 0 spiro atoms. The van der Waals surface area contributed by atoms with E-state index in [1.165, 1.54) is 24.9 Å². The summed E-state index contributed by atoms with van der Waals surface area (Å²) in [5, 5.41) is 2.84. The minimum absolute atomic E-state index is 0.162. The van der Waals surface area contributed by atoms with Gasteiger partial charge in [-0.2, -0.15) is 0 Å². The summed E-state index contributed by atoms with van der Waals surface area (Å²) in [6.45, 7) is 4.63. The molecule has 1 saturated heterocycles. The van der Waals surface area contributed by atoms with Crippen molar-refractivity contribution in [2.24, 2.45) is 0 Å². The molecule has 2 aliphatic heterocycles. The Hall–Kier alpha value is -3.03. The van der Waals surface area contributed by atoms with Crippen molar-refractivity contribution in [2.75, 3.05) is 17.3 Å². The van der Waals surface area contributed by atoms with Gasteiger partial charge in [0.15, 0.2) is 11.7 Å². The number of rotatable bonds is 2. The normalized spacial score (nSPS) is 21.8. The minimum Gasteiger partial charge on any atom is -0.479 e. The number of ether oxygens (including phenoxy) is 3. The molecule has 25 heavy (non-hydrogen) atoms. The Morgan fingerprint density at radius 3 is 2.44 bits per heavy atom. The standard InChI is InChI=1S/C17H18N2O6/c1-9-14(20)19(4)12-7-10(5-6-13(12)23-9)18-8-11-15(21)24-17(2,3)25-16(11)22/h5-9,18H,1-4H3. The molecule has 0 aromatic heterocycles. The topological polar surface area (TPSA) is 94.2 Å². The number of hydrogen-bond donors (Lipinski definition) is 1. The molecule has 1 amide bonds. The Bertz CT molecular complexity index is 776. The van der Waals surface area contributed by atoms with Crippen molar-refractivity contribution in [1.29, 1.82) is 0 Å². The molecule has 1 N–H and O–H groups in total. The second-order valence-corrected chi connectivity index (χ2v) is 6.22. The average molecular weight is 346 g/mol. The Kier molecular flexibility index (Phi) is 3.90. The molecule has 3 rings (SSSR count). The summed E-state index contributed by atoms with van der Waals surface area (Å²) in [6, 6.07) is 5.09. The fraction of sp³-hybridized carbons (Fsp3) is 0.353. The quantitative estimate of drug-likeness (QED) is 0.493. The maximum atomic E-state index is 12.0. The molecule has 0 aliphatic carbocycles. The number of benzene rings is 1. The molecular formula is C17H18N2O6. The highest BCUT2D eigenvalue weighted by Gasteiger charge is 2.39. The molecule has 1 unspecified atom stereocenters. The van der Waals surface area contributed by atoms with E-state index < -0.39 is 23.8 Å². The fourth-order valence-electron chi connectivity index (χ4n) is 2.54. The van der Waals surface area contributed by atoms with Crippen LogP contribution in [0, 0.1) is 0 Å². The lowest BCUT2D eigenvalue weighted by atomic mass is 10.2. The molecule has 2 aliphatic rings. The van der Waals surface area contributed by atoms with Gasteiger partial charge in [0.2, 0.25) is 0 Å². The summed E-state index contributed by atoms with van der Waals surface area (Å²) in [5.74, 6) is -2.41. The van der Waals surface area contributed by atoms with Crippen molar-refractivity contribution < 1.29 is 28.6 Å². The Morgan fingerprint density at radius 1 is 1.16 bits per heavy atom. The van der Waals surface area contributed by atoms with Crippen molar-refractivity contribution in [3.8, 4) is 5.75 Å². The van der Waals surface area contributed by atoms with E-state index in [4.69, 9.17) is 14.2 Å². The number of likely N-dealkylation sites (N-methyl/N-ethyl adjacent to an activating group) is 1. The van der Waals surface area contributed by atoms with Gasteiger partial charge in [0.25, 0.3) is 11.7 Å². The van der Waals surface area contributed by atoms with E-state index in [2.05, 4.69) is 5.32 Å². The van der Waals surface area contributed by atoms with Crippen LogP contribution in [0.5, 0.6) is 5.75 Å². The summed E-state index contributed by atoms with van der Waals surface area (Å²) < 4.78 is 15.6. The van der Waals surface area contributed by atoms with Crippen LogP contribution >= 0.6 is 0 Å². The first-order chi connectivity index (χ1) is 11.7. The third kappa shape index (κ3) is 3.15. The predicted molar refractivity (Wildman–Crippen MR) is 87.9 cm³/mol. The zero-order valence-corrected chi connectivity index (χ0v) is 14.3. The van der Waals surface area contributed by atoms with E-state index in [1.807, 2.05) is 0 Å². The van der Waals surface area contributed by atoms with Crippen LogP contribution in [0.15, 0.2) is 30.0 Å². The van der Waals surface area contributed by atoms with Gasteiger partial charge in [-0.15, -0.1) is 0 Å². The SMILES string of the molecule is CC1Oc2ccc(NC=C3C(=O)OC(C)(C)OC3=O)cc2N(C)C1=O. The number of amides is 1. The molecule has 0 saturated carbocycles. The van der Waals surface area contributed by atoms with Crippen LogP contribution in [0.2, 0.25) is 0 Å². The summed E-state index contributed by atoms with van der Waals surface area (Å²) in [7, 11) is 1.65. The average Bonchev–Trinajstić information content (AvgIpc) is 2.51. The van der Waals surface area contributed by atoms with Gasteiger partial charge in [-0.3, -0.25) is 4.79 Å². The third-order valence-corrected chi connectivity index (χ3v) is 3.80. The van der Waals surface area contributed by atoms with Gasteiger partial charge < -0.3 is 24.4 Å². The molecule has 0 radical (unpaired) electrons. The van der Waals surface area contributed by atoms with Crippen molar-refractivity contribution in [1.82, 2.24) is 0 Å². The number of carbonyl (C=O) groups is 3. The lowest BCUT2D eigenvalue weighted by molar-refractivity contribution is -0.222. The summed E-state index contributed by atoms with van der Waals surface area (Å²) >= 11 is 0. The molecule has 1 atom stereocenters. The first kappa shape index (κ1) is 16.8. The van der Waals surface area contributed by atoms with E-state index in [0.717, 1.165) is 0 Å². The van der Waals surface area contributed by atoms with Crippen LogP contribution in [0.3, 0.4) is 0 Å². The minimum atomic E-state index is -1.28. The number of cyclic esters (lactones) is 2. The van der Waals surface area contributed by atoms with E-state index in [0.29, 0.717) is 17.1 Å². The van der Waals surface area contributed by atoms with E-state index in [-0.39, 0.29) is 11.5 Å². The lowest BCUT2D eigenvalue weighted by Crippen LogP contribution is -2.42. The van der Waals surface area contributed by atoms with Crippen LogP contribution < -0.4 is 15.0 Å². The molecule has 8 heteroatoms. The second-order valence-electron chi connectivity index (χ2n) is 6.22.